The fourth-order valence-corrected chi connectivity index (χ4v) is 2.51. The summed E-state index contributed by atoms with van der Waals surface area (Å²) in [5.74, 6) is 0.558. The average molecular weight is 375 g/mol. The minimum absolute atomic E-state index is 0.231. The van der Waals surface area contributed by atoms with Crippen LogP contribution in [0.15, 0.2) is 54.7 Å². The molecule has 0 atom stereocenters. The highest BCUT2D eigenvalue weighted by Crippen LogP contribution is 2.21. The van der Waals surface area contributed by atoms with Crippen molar-refractivity contribution in [3.63, 3.8) is 0 Å². The Labute approximate surface area is 154 Å². The van der Waals surface area contributed by atoms with Crippen LogP contribution in [0.3, 0.4) is 0 Å². The third-order valence-corrected chi connectivity index (χ3v) is 3.81. The largest absolute Gasteiger partial charge is 0.497 e. The second-order valence-corrected chi connectivity index (χ2v) is 5.87. The Kier molecular flexibility index (Phi) is 5.38. The molecule has 0 saturated heterocycles. The Morgan fingerprint density at radius 1 is 1.23 bits per heavy atom. The van der Waals surface area contributed by atoms with Gasteiger partial charge in [0.15, 0.2) is 5.82 Å². The summed E-state index contributed by atoms with van der Waals surface area (Å²) in [6, 6.07) is 12.6. The Hall–Kier alpha value is -3.06. The third-order valence-electron chi connectivity index (χ3n) is 3.53. The van der Waals surface area contributed by atoms with E-state index < -0.39 is 6.03 Å². The van der Waals surface area contributed by atoms with Crippen molar-refractivity contribution in [1.82, 2.24) is 9.78 Å². The van der Waals surface area contributed by atoms with E-state index in [1.54, 1.807) is 54.4 Å². The van der Waals surface area contributed by atoms with Crippen LogP contribution >= 0.6 is 11.6 Å². The molecule has 1 aromatic heterocycles. The zero-order valence-electron chi connectivity index (χ0n) is 13.9. The Bertz CT molecular complexity index is 912. The topological polar surface area (TPSA) is 68.2 Å². The fraction of sp³-hybridized carbons (Fsp3) is 0.111. The van der Waals surface area contributed by atoms with Crippen LogP contribution in [-0.2, 0) is 6.54 Å². The lowest BCUT2D eigenvalue weighted by atomic mass is 10.2. The first-order valence-electron chi connectivity index (χ1n) is 7.73. The lowest BCUT2D eigenvalue weighted by molar-refractivity contribution is 0.262. The Morgan fingerprint density at radius 3 is 2.73 bits per heavy atom. The third kappa shape index (κ3) is 4.52. The van der Waals surface area contributed by atoms with Crippen molar-refractivity contribution in [2.45, 2.75) is 6.54 Å². The molecule has 0 bridgehead atoms. The van der Waals surface area contributed by atoms with E-state index in [1.807, 2.05) is 0 Å². The van der Waals surface area contributed by atoms with Crippen molar-refractivity contribution in [3.8, 4) is 5.75 Å². The molecule has 2 amide bonds. The standard InChI is InChI=1S/C18H16ClFN4O2/c1-26-15-4-2-3-14(9-15)21-18(25)22-17-16(19)11-24(23-17)10-12-5-7-13(20)8-6-12/h2-9,11H,10H2,1H3,(H2,21,22,23,25). The number of hydrogen-bond acceptors (Lipinski definition) is 3. The van der Waals surface area contributed by atoms with Crippen molar-refractivity contribution >= 4 is 29.1 Å². The summed E-state index contributed by atoms with van der Waals surface area (Å²) in [4.78, 5) is 12.1. The van der Waals surface area contributed by atoms with Gasteiger partial charge in [-0.05, 0) is 29.8 Å². The van der Waals surface area contributed by atoms with Gasteiger partial charge in [-0.3, -0.25) is 10.00 Å². The molecule has 0 fully saturated rings. The lowest BCUT2D eigenvalue weighted by Gasteiger charge is -2.07. The summed E-state index contributed by atoms with van der Waals surface area (Å²) in [7, 11) is 1.55. The average Bonchev–Trinajstić information content (AvgIpc) is 2.96. The molecule has 0 aliphatic carbocycles. The van der Waals surface area contributed by atoms with Gasteiger partial charge in [-0.25, -0.2) is 9.18 Å². The smallest absolute Gasteiger partial charge is 0.324 e. The van der Waals surface area contributed by atoms with Gasteiger partial charge in [0.1, 0.15) is 16.6 Å². The van der Waals surface area contributed by atoms with Gasteiger partial charge in [0.25, 0.3) is 0 Å². The van der Waals surface area contributed by atoms with E-state index in [0.717, 1.165) is 5.56 Å². The van der Waals surface area contributed by atoms with Crippen LogP contribution in [0.2, 0.25) is 5.02 Å². The molecular weight excluding hydrogens is 359 g/mol. The lowest BCUT2D eigenvalue weighted by Crippen LogP contribution is -2.20. The highest BCUT2D eigenvalue weighted by atomic mass is 35.5. The van der Waals surface area contributed by atoms with Gasteiger partial charge in [-0.15, -0.1) is 0 Å². The number of hydrogen-bond donors (Lipinski definition) is 2. The second-order valence-electron chi connectivity index (χ2n) is 5.46. The van der Waals surface area contributed by atoms with E-state index in [-0.39, 0.29) is 11.6 Å². The molecular formula is C18H16ClFN4O2. The van der Waals surface area contributed by atoms with Gasteiger partial charge < -0.3 is 10.1 Å². The molecule has 3 rings (SSSR count). The normalized spacial score (nSPS) is 10.4. The number of anilines is 2. The molecule has 134 valence electrons. The van der Waals surface area contributed by atoms with Gasteiger partial charge in [0.05, 0.1) is 13.7 Å². The molecule has 0 saturated carbocycles. The van der Waals surface area contributed by atoms with Gasteiger partial charge in [-0.2, -0.15) is 5.10 Å². The van der Waals surface area contributed by atoms with Crippen LogP contribution in [0.1, 0.15) is 5.56 Å². The van der Waals surface area contributed by atoms with E-state index in [0.29, 0.717) is 23.0 Å². The highest BCUT2D eigenvalue weighted by Gasteiger charge is 2.11. The van der Waals surface area contributed by atoms with Gasteiger partial charge in [-0.1, -0.05) is 29.8 Å². The number of rotatable bonds is 5. The number of nitrogens with one attached hydrogen (secondary N) is 2. The van der Waals surface area contributed by atoms with Crippen molar-refractivity contribution < 1.29 is 13.9 Å². The molecule has 3 aromatic rings. The van der Waals surface area contributed by atoms with E-state index in [4.69, 9.17) is 16.3 Å². The summed E-state index contributed by atoms with van der Waals surface area (Å²) in [6.07, 6.45) is 1.59. The molecule has 0 aliphatic heterocycles. The van der Waals surface area contributed by atoms with Gasteiger partial charge in [0.2, 0.25) is 0 Å². The van der Waals surface area contributed by atoms with Crippen LogP contribution in [0.4, 0.5) is 20.7 Å². The van der Waals surface area contributed by atoms with E-state index in [1.165, 1.54) is 12.1 Å². The second kappa shape index (κ2) is 7.88. The van der Waals surface area contributed by atoms with Gasteiger partial charge in [0, 0.05) is 18.0 Å². The molecule has 26 heavy (non-hydrogen) atoms. The number of benzene rings is 2. The molecule has 1 heterocycles. The number of aromatic nitrogens is 2. The van der Waals surface area contributed by atoms with Crippen molar-refractivity contribution in [1.29, 1.82) is 0 Å². The number of halogens is 2. The highest BCUT2D eigenvalue weighted by molar-refractivity contribution is 6.33. The molecule has 0 spiro atoms. The fourth-order valence-electron chi connectivity index (χ4n) is 2.31. The van der Waals surface area contributed by atoms with Crippen LogP contribution in [0.5, 0.6) is 5.75 Å². The quantitative estimate of drug-likeness (QED) is 0.696. The zero-order chi connectivity index (χ0) is 18.5. The first-order chi connectivity index (χ1) is 12.5. The monoisotopic (exact) mass is 374 g/mol. The van der Waals surface area contributed by atoms with Crippen LogP contribution in [-0.4, -0.2) is 22.9 Å². The van der Waals surface area contributed by atoms with Crippen molar-refractivity contribution in [2.24, 2.45) is 0 Å². The number of amides is 2. The molecule has 8 heteroatoms. The Morgan fingerprint density at radius 2 is 2.00 bits per heavy atom. The number of ether oxygens (including phenoxy) is 1. The predicted octanol–water partition coefficient (Wildman–Crippen LogP) is 4.38. The molecule has 0 unspecified atom stereocenters. The van der Waals surface area contributed by atoms with Crippen LogP contribution in [0, 0.1) is 5.82 Å². The number of urea groups is 1. The maximum Gasteiger partial charge on any atom is 0.324 e. The van der Waals surface area contributed by atoms with Crippen LogP contribution < -0.4 is 15.4 Å². The Balaban J connectivity index is 1.65. The summed E-state index contributed by atoms with van der Waals surface area (Å²) >= 11 is 6.13. The summed E-state index contributed by atoms with van der Waals surface area (Å²) in [5, 5.41) is 9.81. The summed E-state index contributed by atoms with van der Waals surface area (Å²) in [6.45, 7) is 0.402. The maximum atomic E-state index is 13.0. The number of carbonyl (C=O) groups excluding carboxylic acids is 1. The summed E-state index contributed by atoms with van der Waals surface area (Å²) in [5.41, 5.74) is 1.43. The van der Waals surface area contributed by atoms with Gasteiger partial charge >= 0.3 is 6.03 Å². The maximum absolute atomic E-state index is 13.0. The van der Waals surface area contributed by atoms with E-state index in [2.05, 4.69) is 15.7 Å². The van der Waals surface area contributed by atoms with Crippen molar-refractivity contribution in [2.75, 3.05) is 17.7 Å². The predicted molar refractivity (Wildman–Crippen MR) is 98.4 cm³/mol. The molecule has 2 N–H and O–H groups in total. The van der Waals surface area contributed by atoms with E-state index in [9.17, 15) is 9.18 Å². The first-order valence-corrected chi connectivity index (χ1v) is 8.11. The molecule has 0 radical (unpaired) electrons. The molecule has 6 nitrogen and oxygen atoms in total. The minimum Gasteiger partial charge on any atom is -0.497 e. The first kappa shape index (κ1) is 17.8. The van der Waals surface area contributed by atoms with Crippen LogP contribution in [0.25, 0.3) is 0 Å². The number of nitrogens with zero attached hydrogens (tertiary/aromatic N) is 2. The summed E-state index contributed by atoms with van der Waals surface area (Å²) < 4.78 is 19.6. The van der Waals surface area contributed by atoms with E-state index >= 15 is 0 Å². The zero-order valence-corrected chi connectivity index (χ0v) is 14.6. The SMILES string of the molecule is COc1cccc(NC(=O)Nc2nn(Cc3ccc(F)cc3)cc2Cl)c1. The molecule has 0 aliphatic rings. The van der Waals surface area contributed by atoms with Crippen molar-refractivity contribution in [3.05, 3.63) is 71.1 Å². The number of carbonyl (C=O) groups is 1. The molecule has 2 aromatic carbocycles. The minimum atomic E-state index is -0.479. The number of methoxy groups -OCH3 is 1.